The minimum absolute atomic E-state index is 0.0730. The van der Waals surface area contributed by atoms with E-state index in [-0.39, 0.29) is 22.5 Å². The number of halogens is 2. The predicted octanol–water partition coefficient (Wildman–Crippen LogP) is 4.83. The third kappa shape index (κ3) is 4.31. The summed E-state index contributed by atoms with van der Waals surface area (Å²) in [5.41, 5.74) is 3.65. The Bertz CT molecular complexity index is 1240. The van der Waals surface area contributed by atoms with Crippen LogP contribution in [0, 0.1) is 12.7 Å². The second-order valence-electron chi connectivity index (χ2n) is 8.36. The normalized spacial score (nSPS) is 18.1. The second kappa shape index (κ2) is 9.40. The summed E-state index contributed by atoms with van der Waals surface area (Å²) in [6, 6.07) is 11.0. The van der Waals surface area contributed by atoms with Gasteiger partial charge in [-0.3, -0.25) is 9.69 Å². The van der Waals surface area contributed by atoms with Crippen LogP contribution in [0.4, 0.5) is 27.4 Å². The molecule has 0 unspecified atom stereocenters. The quantitative estimate of drug-likeness (QED) is 0.499. The van der Waals surface area contributed by atoms with Gasteiger partial charge in [-0.25, -0.2) is 14.4 Å². The van der Waals surface area contributed by atoms with E-state index in [0.717, 1.165) is 25.3 Å². The van der Waals surface area contributed by atoms with E-state index in [9.17, 15) is 9.18 Å². The number of amides is 1. The lowest BCUT2D eigenvalue weighted by molar-refractivity contribution is 0.0985. The minimum Gasteiger partial charge on any atom is -0.366 e. The molecule has 1 atom stereocenters. The van der Waals surface area contributed by atoms with Crippen LogP contribution in [-0.2, 0) is 0 Å². The van der Waals surface area contributed by atoms with Gasteiger partial charge in [0.25, 0.3) is 5.91 Å². The molecule has 0 saturated carbocycles. The van der Waals surface area contributed by atoms with Crippen molar-refractivity contribution in [3.05, 3.63) is 64.6 Å². The first-order valence-electron chi connectivity index (χ1n) is 11.0. The van der Waals surface area contributed by atoms with Crippen molar-refractivity contribution in [1.82, 2.24) is 15.3 Å². The van der Waals surface area contributed by atoms with E-state index >= 15 is 0 Å². The number of benzene rings is 2. The van der Waals surface area contributed by atoms with Crippen LogP contribution in [0.15, 0.2) is 47.6 Å². The Kier molecular flexibility index (Phi) is 6.33. The molecule has 1 aromatic heterocycles. The minimum atomic E-state index is -0.543. The summed E-state index contributed by atoms with van der Waals surface area (Å²) in [5.74, 6) is -0.311. The van der Waals surface area contributed by atoms with E-state index in [4.69, 9.17) is 11.6 Å². The first-order chi connectivity index (χ1) is 16.4. The zero-order valence-corrected chi connectivity index (χ0v) is 20.4. The molecule has 3 aromatic rings. The van der Waals surface area contributed by atoms with Gasteiger partial charge in [0.15, 0.2) is 0 Å². The average molecular weight is 499 g/mol. The van der Waals surface area contributed by atoms with Crippen molar-refractivity contribution in [2.24, 2.45) is 0 Å². The summed E-state index contributed by atoms with van der Waals surface area (Å²) < 4.78 is 14.4. The maximum absolute atomic E-state index is 14.4. The summed E-state index contributed by atoms with van der Waals surface area (Å²) in [4.78, 5) is 25.6. The zero-order valence-electron chi connectivity index (χ0n) is 18.8. The molecule has 2 aliphatic rings. The van der Waals surface area contributed by atoms with E-state index in [2.05, 4.69) is 51.5 Å². The Labute approximate surface area is 206 Å². The Balaban J connectivity index is 1.35. The molecule has 0 bridgehead atoms. The number of fused-ring (bicyclic) bond motifs is 1. The molecule has 10 heteroatoms. The fraction of sp³-hybridized carbons (Fsp3) is 0.292. The monoisotopic (exact) mass is 498 g/mol. The highest BCUT2D eigenvalue weighted by atomic mass is 35.5. The maximum Gasteiger partial charge on any atom is 0.263 e. The number of anilines is 4. The molecule has 0 radical (unpaired) electrons. The summed E-state index contributed by atoms with van der Waals surface area (Å²) >= 11 is 7.50. The van der Waals surface area contributed by atoms with Gasteiger partial charge in [0.05, 0.1) is 22.2 Å². The van der Waals surface area contributed by atoms with Crippen LogP contribution in [0.25, 0.3) is 0 Å². The van der Waals surface area contributed by atoms with Crippen molar-refractivity contribution < 1.29 is 9.18 Å². The molecule has 0 spiro atoms. The number of carbonyl (C=O) groups is 1. The number of aromatic nitrogens is 2. The van der Waals surface area contributed by atoms with E-state index in [1.807, 2.05) is 6.07 Å². The molecule has 176 valence electrons. The largest absolute Gasteiger partial charge is 0.366 e. The van der Waals surface area contributed by atoms with E-state index in [1.165, 1.54) is 46.2 Å². The van der Waals surface area contributed by atoms with Gasteiger partial charge in [0.1, 0.15) is 10.8 Å². The number of rotatable bonds is 4. The Morgan fingerprint density at radius 3 is 2.91 bits per heavy atom. The van der Waals surface area contributed by atoms with Crippen molar-refractivity contribution >= 4 is 52.3 Å². The van der Waals surface area contributed by atoms with Crippen molar-refractivity contribution in [3.63, 3.8) is 0 Å². The molecule has 3 heterocycles. The SMILES string of the molecule is Cc1cc(Nc2ncc3c(n2)SCN(c2c(F)cccc2Cl)C3=O)ccc1N1CCNC[C@H]1C. The van der Waals surface area contributed by atoms with E-state index < -0.39 is 5.82 Å². The van der Waals surface area contributed by atoms with Crippen LogP contribution in [-0.4, -0.2) is 47.4 Å². The summed E-state index contributed by atoms with van der Waals surface area (Å²) in [5, 5.41) is 7.39. The van der Waals surface area contributed by atoms with Crippen LogP contribution < -0.4 is 20.4 Å². The molecule has 5 rings (SSSR count). The molecule has 2 aliphatic heterocycles. The summed E-state index contributed by atoms with van der Waals surface area (Å²) in [6.07, 6.45) is 1.48. The van der Waals surface area contributed by atoms with Gasteiger partial charge < -0.3 is 15.5 Å². The number of thioether (sulfide) groups is 1. The van der Waals surface area contributed by atoms with Gasteiger partial charge in [0.2, 0.25) is 5.95 Å². The standard InChI is InChI=1S/C24H24ClFN6OS/c1-14-10-16(6-7-20(14)31-9-8-27-11-15(31)2)29-24-28-12-17-22(30-24)34-13-32(23(17)33)21-18(25)4-3-5-19(21)26/h3-7,10,12,15,27H,8-9,11,13H2,1-2H3,(H,28,29,30)/t15-/m1/s1. The molecule has 1 fully saturated rings. The number of piperazine rings is 1. The Hall–Kier alpha value is -2.88. The number of carbonyl (C=O) groups excluding carboxylic acids is 1. The van der Waals surface area contributed by atoms with E-state index in [1.54, 1.807) is 6.07 Å². The molecule has 2 aromatic carbocycles. The van der Waals surface area contributed by atoms with Crippen LogP contribution in [0.1, 0.15) is 22.8 Å². The van der Waals surface area contributed by atoms with Crippen molar-refractivity contribution in [2.75, 3.05) is 40.6 Å². The molecule has 1 amide bonds. The van der Waals surface area contributed by atoms with Crippen LogP contribution in [0.2, 0.25) is 5.02 Å². The molecule has 7 nitrogen and oxygen atoms in total. The third-order valence-corrected chi connectivity index (χ3v) is 7.31. The van der Waals surface area contributed by atoms with Gasteiger partial charge in [-0.2, -0.15) is 0 Å². The molecular weight excluding hydrogens is 475 g/mol. The smallest absolute Gasteiger partial charge is 0.263 e. The number of hydrogen-bond donors (Lipinski definition) is 2. The molecular formula is C24H24ClFN6OS. The predicted molar refractivity (Wildman–Crippen MR) is 135 cm³/mol. The average Bonchev–Trinajstić information content (AvgIpc) is 2.81. The molecule has 2 N–H and O–H groups in total. The van der Waals surface area contributed by atoms with Gasteiger partial charge >= 0.3 is 0 Å². The summed E-state index contributed by atoms with van der Waals surface area (Å²) in [6.45, 7) is 7.24. The first-order valence-corrected chi connectivity index (χ1v) is 12.4. The number of hydrogen-bond acceptors (Lipinski definition) is 7. The maximum atomic E-state index is 14.4. The lowest BCUT2D eigenvalue weighted by atomic mass is 10.1. The number of aryl methyl sites for hydroxylation is 1. The van der Waals surface area contributed by atoms with Crippen molar-refractivity contribution in [1.29, 1.82) is 0 Å². The van der Waals surface area contributed by atoms with Gasteiger partial charge in [-0.05, 0) is 49.7 Å². The lowest BCUT2D eigenvalue weighted by Crippen LogP contribution is -2.50. The van der Waals surface area contributed by atoms with Crippen LogP contribution >= 0.6 is 23.4 Å². The van der Waals surface area contributed by atoms with Gasteiger partial charge in [-0.15, -0.1) is 0 Å². The fourth-order valence-corrected chi connectivity index (χ4v) is 5.52. The lowest BCUT2D eigenvalue weighted by Gasteiger charge is -2.37. The third-order valence-electron chi connectivity index (χ3n) is 6.03. The fourth-order valence-electron chi connectivity index (χ4n) is 4.31. The molecule has 0 aliphatic carbocycles. The highest BCUT2D eigenvalue weighted by Crippen LogP contribution is 2.37. The van der Waals surface area contributed by atoms with Crippen molar-refractivity contribution in [2.45, 2.75) is 24.9 Å². The van der Waals surface area contributed by atoms with Gasteiger partial charge in [0, 0.05) is 43.2 Å². The van der Waals surface area contributed by atoms with Crippen LogP contribution in [0.3, 0.4) is 0 Å². The number of nitrogens with one attached hydrogen (secondary N) is 2. The number of para-hydroxylation sites is 1. The van der Waals surface area contributed by atoms with Gasteiger partial charge in [-0.1, -0.05) is 29.4 Å². The molecule has 1 saturated heterocycles. The van der Waals surface area contributed by atoms with Crippen molar-refractivity contribution in [3.8, 4) is 0 Å². The Morgan fingerprint density at radius 2 is 2.15 bits per heavy atom. The first kappa shape index (κ1) is 22.9. The zero-order chi connectivity index (χ0) is 23.8. The highest BCUT2D eigenvalue weighted by Gasteiger charge is 2.31. The van der Waals surface area contributed by atoms with Crippen LogP contribution in [0.5, 0.6) is 0 Å². The second-order valence-corrected chi connectivity index (χ2v) is 9.70. The Morgan fingerprint density at radius 1 is 1.29 bits per heavy atom. The summed E-state index contributed by atoms with van der Waals surface area (Å²) in [7, 11) is 0. The molecule has 34 heavy (non-hydrogen) atoms. The van der Waals surface area contributed by atoms with E-state index in [0.29, 0.717) is 22.6 Å². The highest BCUT2D eigenvalue weighted by molar-refractivity contribution is 7.99. The number of nitrogens with zero attached hydrogens (tertiary/aromatic N) is 4. The topological polar surface area (TPSA) is 73.4 Å².